The van der Waals surface area contributed by atoms with Crippen LogP contribution in [-0.4, -0.2) is 52.0 Å². The average molecular weight is 391 g/mol. The van der Waals surface area contributed by atoms with Gasteiger partial charge in [-0.25, -0.2) is 0 Å². The molecule has 0 atom stereocenters. The Balaban J connectivity index is 0. The van der Waals surface area contributed by atoms with Crippen molar-refractivity contribution >= 4 is 23.8 Å². The predicted octanol–water partition coefficient (Wildman–Crippen LogP) is 7.07. The van der Waals surface area contributed by atoms with Crippen LogP contribution in [0.2, 0.25) is 0 Å². The third kappa shape index (κ3) is 12.9. The van der Waals surface area contributed by atoms with E-state index in [0.717, 1.165) is 0 Å². The Morgan fingerprint density at radius 1 is 0.476 bits per heavy atom. The van der Waals surface area contributed by atoms with Crippen molar-refractivity contribution in [3.8, 4) is 0 Å². The summed E-state index contributed by atoms with van der Waals surface area (Å²) in [5.74, 6) is 0. The fourth-order valence-corrected chi connectivity index (χ4v) is 22.9. The standard InChI is InChI=1S/3C5H12P.C2H6.Cr/c3*1-4-6(3)5-2;1-2;/h3*3-5H2,1-2H3;1-2H3;. The molecule has 0 aromatic rings. The number of hydrogen-bond donors (Lipinski definition) is 0. The molecule has 0 aliphatic heterocycles. The fraction of sp³-hybridized carbons (Fsp3) is 1.00. The van der Waals surface area contributed by atoms with Gasteiger partial charge in [0.05, 0.1) is 0 Å². The second kappa shape index (κ2) is 18.2. The van der Waals surface area contributed by atoms with Gasteiger partial charge in [-0.3, -0.25) is 0 Å². The van der Waals surface area contributed by atoms with E-state index in [4.69, 9.17) is 0 Å². The molecule has 0 N–H and O–H groups in total. The zero-order valence-electron chi connectivity index (χ0n) is 16.1. The van der Waals surface area contributed by atoms with E-state index in [1.54, 1.807) is 15.1 Å². The second-order valence-electron chi connectivity index (χ2n) is 4.91. The van der Waals surface area contributed by atoms with Crippen molar-refractivity contribution < 1.29 is 14.1 Å². The molecule has 21 heavy (non-hydrogen) atoms. The van der Waals surface area contributed by atoms with Crippen molar-refractivity contribution in [1.29, 1.82) is 0 Å². The summed E-state index contributed by atoms with van der Waals surface area (Å²) in [6, 6.07) is 0. The molecule has 0 fully saturated rings. The first-order chi connectivity index (χ1) is 10.1. The molecule has 0 aromatic carbocycles. The van der Waals surface area contributed by atoms with Crippen molar-refractivity contribution in [2.45, 2.75) is 55.4 Å². The van der Waals surface area contributed by atoms with E-state index in [9.17, 15) is 0 Å². The zero-order chi connectivity index (χ0) is 16.7. The Morgan fingerprint density at radius 3 is 0.810 bits per heavy atom. The van der Waals surface area contributed by atoms with Crippen molar-refractivity contribution in [2.24, 2.45) is 0 Å². The van der Waals surface area contributed by atoms with Crippen LogP contribution in [0.5, 0.6) is 0 Å². The molecular weight excluding hydrogens is 349 g/mol. The summed E-state index contributed by atoms with van der Waals surface area (Å²) >= 11 is -0.277. The van der Waals surface area contributed by atoms with Gasteiger partial charge in [-0.15, -0.1) is 0 Å². The van der Waals surface area contributed by atoms with Gasteiger partial charge in [0.15, 0.2) is 0 Å². The van der Waals surface area contributed by atoms with E-state index < -0.39 is 0 Å². The molecule has 0 amide bonds. The number of rotatable bonds is 12. The summed E-state index contributed by atoms with van der Waals surface area (Å²) < 4.78 is 0. The summed E-state index contributed by atoms with van der Waals surface area (Å²) in [6.45, 7) is 18.6. The maximum absolute atomic E-state index is 2.43. The Labute approximate surface area is 145 Å². The van der Waals surface area contributed by atoms with E-state index in [1.807, 2.05) is 13.8 Å². The van der Waals surface area contributed by atoms with Gasteiger partial charge in [0.25, 0.3) is 0 Å². The molecule has 0 unspecified atom stereocenters. The monoisotopic (exact) mass is 391 g/mol. The van der Waals surface area contributed by atoms with Crippen LogP contribution in [0.1, 0.15) is 55.4 Å². The van der Waals surface area contributed by atoms with Gasteiger partial charge in [0.2, 0.25) is 0 Å². The van der Waals surface area contributed by atoms with Crippen LogP contribution in [0.4, 0.5) is 0 Å². The second-order valence-corrected chi connectivity index (χ2v) is 19.0. The Bertz CT molecular complexity index is 157. The van der Waals surface area contributed by atoms with Crippen LogP contribution in [0.3, 0.4) is 0 Å². The van der Waals surface area contributed by atoms with Gasteiger partial charge < -0.3 is 0 Å². The molecule has 0 heterocycles. The maximum atomic E-state index is 2.43. The van der Waals surface area contributed by atoms with Gasteiger partial charge in [0, 0.05) is 0 Å². The van der Waals surface area contributed by atoms with Crippen LogP contribution in [0.15, 0.2) is 0 Å². The first-order valence-electron chi connectivity index (χ1n) is 8.95. The molecule has 131 valence electrons. The summed E-state index contributed by atoms with van der Waals surface area (Å²) in [4.78, 5) is 0. The molecular formula is C17H42CrP3. The topological polar surface area (TPSA) is 0 Å². The molecule has 0 aliphatic carbocycles. The van der Waals surface area contributed by atoms with E-state index in [1.165, 1.54) is 37.0 Å². The summed E-state index contributed by atoms with van der Waals surface area (Å²) in [6.07, 6.45) is 8.91. The SMILES string of the molecule is CC.CCP(CC)[CH2][Cr]([CH2]P(CC)CC)[CH2]P(CC)CC. The Kier molecular flexibility index (Phi) is 21.7. The van der Waals surface area contributed by atoms with Crippen LogP contribution in [0, 0.1) is 0 Å². The van der Waals surface area contributed by atoms with Crippen molar-refractivity contribution in [3.63, 3.8) is 0 Å². The van der Waals surface area contributed by atoms with E-state index in [2.05, 4.69) is 41.5 Å². The summed E-state index contributed by atoms with van der Waals surface area (Å²) in [5, 5.41) is 5.12. The molecule has 0 bridgehead atoms. The van der Waals surface area contributed by atoms with Crippen LogP contribution in [-0.2, 0) is 14.1 Å². The van der Waals surface area contributed by atoms with Gasteiger partial charge in [-0.2, -0.15) is 0 Å². The minimum absolute atomic E-state index is 0.277. The molecule has 0 aromatic heterocycles. The van der Waals surface area contributed by atoms with Gasteiger partial charge in [-0.05, 0) is 0 Å². The van der Waals surface area contributed by atoms with Crippen molar-refractivity contribution in [1.82, 2.24) is 0 Å². The summed E-state index contributed by atoms with van der Waals surface area (Å²) in [5.41, 5.74) is 0. The fourth-order valence-electron chi connectivity index (χ4n) is 2.12. The molecule has 0 radical (unpaired) electrons. The molecule has 0 rings (SSSR count). The quantitative estimate of drug-likeness (QED) is 0.312. The first kappa shape index (κ1) is 25.1. The zero-order valence-corrected chi connectivity index (χ0v) is 20.1. The molecule has 0 aliphatic rings. The van der Waals surface area contributed by atoms with Crippen molar-refractivity contribution in [3.05, 3.63) is 0 Å². The number of hydrogen-bond acceptors (Lipinski definition) is 0. The predicted molar refractivity (Wildman–Crippen MR) is 110 cm³/mol. The van der Waals surface area contributed by atoms with Crippen LogP contribution >= 0.6 is 23.8 Å². The van der Waals surface area contributed by atoms with Crippen LogP contribution < -0.4 is 0 Å². The minimum atomic E-state index is -0.277. The third-order valence-electron chi connectivity index (χ3n) is 3.78. The van der Waals surface area contributed by atoms with Gasteiger partial charge in [-0.1, -0.05) is 13.8 Å². The van der Waals surface area contributed by atoms with Gasteiger partial charge in [0.1, 0.15) is 0 Å². The van der Waals surface area contributed by atoms with E-state index in [0.29, 0.717) is 23.8 Å². The molecule has 0 nitrogen and oxygen atoms in total. The molecule has 0 spiro atoms. The van der Waals surface area contributed by atoms with Crippen molar-refractivity contribution in [2.75, 3.05) is 52.0 Å². The molecule has 4 heteroatoms. The Hall–Kier alpha value is 1.82. The van der Waals surface area contributed by atoms with Gasteiger partial charge >= 0.3 is 131 Å². The summed E-state index contributed by atoms with van der Waals surface area (Å²) in [7, 11) is 1.20. The Morgan fingerprint density at radius 2 is 0.667 bits per heavy atom. The van der Waals surface area contributed by atoms with E-state index >= 15 is 0 Å². The van der Waals surface area contributed by atoms with Crippen LogP contribution in [0.25, 0.3) is 0 Å². The molecule has 0 saturated heterocycles. The average Bonchev–Trinajstić information content (AvgIpc) is 2.56. The third-order valence-corrected chi connectivity index (χ3v) is 21.6. The molecule has 0 saturated carbocycles. The normalized spacial score (nSPS) is 11.4. The van der Waals surface area contributed by atoms with E-state index in [-0.39, 0.29) is 14.1 Å². The first-order valence-corrected chi connectivity index (χ1v) is 17.4.